The lowest BCUT2D eigenvalue weighted by Gasteiger charge is -2.10. The van der Waals surface area contributed by atoms with E-state index in [0.29, 0.717) is 5.92 Å². The number of nitrogens with zero attached hydrogens (tertiary/aromatic N) is 3. The van der Waals surface area contributed by atoms with E-state index >= 15 is 0 Å². The number of nitrogens with one attached hydrogen (secondary N) is 2. The van der Waals surface area contributed by atoms with Crippen LogP contribution in [-0.4, -0.2) is 20.2 Å². The number of hydrogen-bond donors (Lipinski definition) is 2. The largest absolute Gasteiger partial charge is 0.381 e. The molecule has 2 aromatic heterocycles. The minimum absolute atomic E-state index is 0.609. The quantitative estimate of drug-likeness (QED) is 0.770. The Labute approximate surface area is 122 Å². The van der Waals surface area contributed by atoms with Crippen LogP contribution < -0.4 is 5.32 Å². The molecule has 4 rings (SSSR count). The SMILES string of the molecule is Cc1cc2[nH]ncc2cc1NCc1cnc(C2CC2)nc1. The lowest BCUT2D eigenvalue weighted by atomic mass is 10.1. The molecule has 1 saturated carbocycles. The molecule has 2 N–H and O–H groups in total. The predicted octanol–water partition coefficient (Wildman–Crippen LogP) is 3.15. The number of fused-ring (bicyclic) bond motifs is 1. The van der Waals surface area contributed by atoms with Gasteiger partial charge in [0.25, 0.3) is 0 Å². The molecule has 1 aliphatic carbocycles. The molecule has 0 aliphatic heterocycles. The fourth-order valence-electron chi connectivity index (χ4n) is 2.50. The van der Waals surface area contributed by atoms with E-state index in [1.165, 1.54) is 18.4 Å². The molecule has 1 aromatic carbocycles. The van der Waals surface area contributed by atoms with Crippen LogP contribution in [0.1, 0.15) is 35.7 Å². The summed E-state index contributed by atoms with van der Waals surface area (Å²) in [6.07, 6.45) is 8.18. The molecule has 2 heterocycles. The minimum atomic E-state index is 0.609. The van der Waals surface area contributed by atoms with Gasteiger partial charge in [-0.25, -0.2) is 9.97 Å². The first-order valence-electron chi connectivity index (χ1n) is 7.28. The molecule has 3 aromatic rings. The zero-order valence-electron chi connectivity index (χ0n) is 11.9. The van der Waals surface area contributed by atoms with Crippen molar-refractivity contribution < 1.29 is 0 Å². The maximum atomic E-state index is 4.45. The highest BCUT2D eigenvalue weighted by Gasteiger charge is 2.25. The fourth-order valence-corrected chi connectivity index (χ4v) is 2.50. The zero-order valence-corrected chi connectivity index (χ0v) is 11.9. The molecule has 5 nitrogen and oxygen atoms in total. The first-order chi connectivity index (χ1) is 10.3. The van der Waals surface area contributed by atoms with Gasteiger partial charge in [-0.1, -0.05) is 0 Å². The van der Waals surface area contributed by atoms with Crippen LogP contribution in [-0.2, 0) is 6.54 Å². The summed E-state index contributed by atoms with van der Waals surface area (Å²) in [7, 11) is 0. The van der Waals surface area contributed by atoms with E-state index in [9.17, 15) is 0 Å². The van der Waals surface area contributed by atoms with Gasteiger partial charge >= 0.3 is 0 Å². The van der Waals surface area contributed by atoms with Gasteiger partial charge in [-0.2, -0.15) is 5.10 Å². The summed E-state index contributed by atoms with van der Waals surface area (Å²) in [5.74, 6) is 1.60. The van der Waals surface area contributed by atoms with Gasteiger partial charge in [-0.05, 0) is 37.5 Å². The highest BCUT2D eigenvalue weighted by Crippen LogP contribution is 2.37. The Kier molecular flexibility index (Phi) is 2.84. The average molecular weight is 279 g/mol. The highest BCUT2D eigenvalue weighted by atomic mass is 15.1. The van der Waals surface area contributed by atoms with Crippen molar-refractivity contribution in [3.63, 3.8) is 0 Å². The monoisotopic (exact) mass is 279 g/mol. The lowest BCUT2D eigenvalue weighted by Crippen LogP contribution is -2.03. The highest BCUT2D eigenvalue weighted by molar-refractivity contribution is 5.83. The van der Waals surface area contributed by atoms with Crippen molar-refractivity contribution in [2.45, 2.75) is 32.2 Å². The van der Waals surface area contributed by atoms with Crippen molar-refractivity contribution in [2.24, 2.45) is 0 Å². The van der Waals surface area contributed by atoms with E-state index in [1.54, 1.807) is 0 Å². The fraction of sp³-hybridized carbons (Fsp3) is 0.312. The summed E-state index contributed by atoms with van der Waals surface area (Å²) in [5.41, 5.74) is 4.48. The molecule has 106 valence electrons. The molecule has 0 radical (unpaired) electrons. The summed E-state index contributed by atoms with van der Waals surface area (Å²) >= 11 is 0. The van der Waals surface area contributed by atoms with Crippen LogP contribution in [0.5, 0.6) is 0 Å². The van der Waals surface area contributed by atoms with Crippen molar-refractivity contribution in [1.82, 2.24) is 20.2 Å². The number of anilines is 1. The number of hydrogen-bond acceptors (Lipinski definition) is 4. The number of H-pyrrole nitrogens is 1. The van der Waals surface area contributed by atoms with E-state index < -0.39 is 0 Å². The molecule has 0 bridgehead atoms. The van der Waals surface area contributed by atoms with Crippen molar-refractivity contribution >= 4 is 16.6 Å². The molecular formula is C16H17N5. The van der Waals surface area contributed by atoms with E-state index in [4.69, 9.17) is 0 Å². The van der Waals surface area contributed by atoms with Gasteiger partial charge in [0.2, 0.25) is 0 Å². The summed E-state index contributed by atoms with van der Waals surface area (Å²) in [6, 6.07) is 4.23. The van der Waals surface area contributed by atoms with Gasteiger partial charge < -0.3 is 5.32 Å². The van der Waals surface area contributed by atoms with Crippen LogP contribution in [0.15, 0.2) is 30.7 Å². The Morgan fingerprint density at radius 2 is 2.00 bits per heavy atom. The molecular weight excluding hydrogens is 262 g/mol. The van der Waals surface area contributed by atoms with Crippen LogP contribution in [0.2, 0.25) is 0 Å². The van der Waals surface area contributed by atoms with E-state index in [-0.39, 0.29) is 0 Å². The second-order valence-electron chi connectivity index (χ2n) is 5.70. The summed E-state index contributed by atoms with van der Waals surface area (Å²) in [4.78, 5) is 8.90. The lowest BCUT2D eigenvalue weighted by molar-refractivity contribution is 0.904. The van der Waals surface area contributed by atoms with Crippen molar-refractivity contribution in [3.8, 4) is 0 Å². The Morgan fingerprint density at radius 1 is 1.19 bits per heavy atom. The van der Waals surface area contributed by atoms with Crippen LogP contribution in [0, 0.1) is 6.92 Å². The molecule has 0 amide bonds. The van der Waals surface area contributed by atoms with Crippen LogP contribution in [0.25, 0.3) is 10.9 Å². The van der Waals surface area contributed by atoms with Crippen LogP contribution >= 0.6 is 0 Å². The van der Waals surface area contributed by atoms with Crippen LogP contribution in [0.3, 0.4) is 0 Å². The number of benzene rings is 1. The molecule has 5 heteroatoms. The first kappa shape index (κ1) is 12.3. The van der Waals surface area contributed by atoms with Crippen LogP contribution in [0.4, 0.5) is 5.69 Å². The van der Waals surface area contributed by atoms with E-state index in [1.807, 2.05) is 18.6 Å². The number of aryl methyl sites for hydroxylation is 1. The summed E-state index contributed by atoms with van der Waals surface area (Å²) in [6.45, 7) is 2.82. The van der Waals surface area contributed by atoms with Gasteiger partial charge in [0.1, 0.15) is 5.82 Å². The topological polar surface area (TPSA) is 66.5 Å². The molecule has 21 heavy (non-hydrogen) atoms. The van der Waals surface area contributed by atoms with Gasteiger partial charge in [0.15, 0.2) is 0 Å². The maximum absolute atomic E-state index is 4.45. The van der Waals surface area contributed by atoms with Crippen molar-refractivity contribution in [3.05, 3.63) is 47.7 Å². The maximum Gasteiger partial charge on any atom is 0.131 e. The molecule has 0 saturated heterocycles. The smallest absolute Gasteiger partial charge is 0.131 e. The van der Waals surface area contributed by atoms with Gasteiger partial charge in [-0.15, -0.1) is 0 Å². The number of aromatic amines is 1. The van der Waals surface area contributed by atoms with E-state index in [0.717, 1.165) is 34.5 Å². The van der Waals surface area contributed by atoms with Gasteiger partial charge in [0.05, 0.1) is 11.7 Å². The Morgan fingerprint density at radius 3 is 2.76 bits per heavy atom. The molecule has 0 spiro atoms. The Bertz CT molecular complexity index is 771. The third kappa shape index (κ3) is 2.46. The minimum Gasteiger partial charge on any atom is -0.381 e. The molecule has 0 unspecified atom stereocenters. The first-order valence-corrected chi connectivity index (χ1v) is 7.28. The van der Waals surface area contributed by atoms with Crippen molar-refractivity contribution in [1.29, 1.82) is 0 Å². The third-order valence-corrected chi connectivity index (χ3v) is 3.94. The third-order valence-electron chi connectivity index (χ3n) is 3.94. The number of rotatable bonds is 4. The van der Waals surface area contributed by atoms with Crippen molar-refractivity contribution in [2.75, 3.05) is 5.32 Å². The van der Waals surface area contributed by atoms with E-state index in [2.05, 4.69) is 44.5 Å². The standard InChI is InChI=1S/C16H17N5/c1-10-4-15-13(9-20-21-15)5-14(10)17-6-11-7-18-16(19-8-11)12-2-3-12/h4-5,7-9,12,17H,2-3,6H2,1H3,(H,20,21). The van der Waals surface area contributed by atoms with Gasteiger partial charge in [0, 0.05) is 41.5 Å². The normalized spacial score (nSPS) is 14.5. The molecule has 1 aliphatic rings. The molecule has 0 atom stereocenters. The predicted molar refractivity (Wildman–Crippen MR) is 82.2 cm³/mol. The second-order valence-corrected chi connectivity index (χ2v) is 5.70. The second kappa shape index (κ2) is 4.84. The number of aromatic nitrogens is 4. The summed E-state index contributed by atoms with van der Waals surface area (Å²) < 4.78 is 0. The molecule has 1 fully saturated rings. The Balaban J connectivity index is 1.50. The van der Waals surface area contributed by atoms with Gasteiger partial charge in [-0.3, -0.25) is 5.10 Å². The zero-order chi connectivity index (χ0) is 14.2. The summed E-state index contributed by atoms with van der Waals surface area (Å²) in [5, 5.41) is 11.6. The average Bonchev–Trinajstić information content (AvgIpc) is 3.25. The Hall–Kier alpha value is -2.43.